The van der Waals surface area contributed by atoms with E-state index < -0.39 is 12.8 Å². The van der Waals surface area contributed by atoms with Gasteiger partial charge in [-0.15, -0.1) is 13.5 Å². The lowest BCUT2D eigenvalue weighted by Gasteiger charge is -2.23. The van der Waals surface area contributed by atoms with Crippen molar-refractivity contribution in [3.63, 3.8) is 0 Å². The molecule has 0 aliphatic heterocycles. The van der Waals surface area contributed by atoms with Crippen molar-refractivity contribution in [1.82, 2.24) is 5.32 Å². The lowest BCUT2D eigenvalue weighted by atomic mass is 9.95. The van der Waals surface area contributed by atoms with Gasteiger partial charge >= 0.3 is 5.97 Å². The average molecular weight is 375 g/mol. The number of nitrogens with one attached hydrogen (secondary N) is 1. The Balaban J connectivity index is 3.52. The molecular formula is C18H34NO5P. The summed E-state index contributed by atoms with van der Waals surface area (Å²) in [7, 11) is -0.602. The monoisotopic (exact) mass is 375 g/mol. The molecule has 0 aromatic carbocycles. The lowest BCUT2D eigenvalue weighted by molar-refractivity contribution is -0.145. The molecule has 146 valence electrons. The summed E-state index contributed by atoms with van der Waals surface area (Å²) in [5.41, 5.74) is -0.454. The first-order valence-electron chi connectivity index (χ1n) is 8.85. The number of ether oxygens (including phenoxy) is 3. The first-order chi connectivity index (χ1) is 11.8. The average Bonchev–Trinajstić information content (AvgIpc) is 2.52. The molecule has 1 amide bonds. The van der Waals surface area contributed by atoms with E-state index in [4.69, 9.17) is 20.3 Å². The van der Waals surface area contributed by atoms with Gasteiger partial charge in [0.2, 0.25) is 5.91 Å². The van der Waals surface area contributed by atoms with E-state index in [0.717, 1.165) is 12.8 Å². The number of unbranched alkanes of at least 4 members (excludes halogenated alkanes) is 1. The summed E-state index contributed by atoms with van der Waals surface area (Å²) in [6, 6.07) is 0. The number of amides is 1. The zero-order chi connectivity index (χ0) is 19.1. The number of carbonyl (C=O) groups excluding carboxylic acids is 2. The van der Waals surface area contributed by atoms with Gasteiger partial charge in [-0.3, -0.25) is 9.59 Å². The molecule has 0 heterocycles. The molecule has 0 aromatic rings. The summed E-state index contributed by atoms with van der Waals surface area (Å²) in [5.74, 6) is -0.235. The van der Waals surface area contributed by atoms with Gasteiger partial charge in [-0.25, -0.2) is 0 Å². The molecule has 25 heavy (non-hydrogen) atoms. The number of esters is 1. The van der Waals surface area contributed by atoms with Crippen LogP contribution in [0.25, 0.3) is 0 Å². The van der Waals surface area contributed by atoms with E-state index in [0.29, 0.717) is 45.7 Å². The van der Waals surface area contributed by atoms with Crippen LogP contribution in [0.15, 0.2) is 0 Å². The number of hydrogen-bond acceptors (Lipinski definition) is 5. The molecule has 0 aromatic heterocycles. The molecule has 0 fully saturated rings. The summed E-state index contributed by atoms with van der Waals surface area (Å²) in [6.07, 6.45) is 8.67. The first-order valence-corrected chi connectivity index (χ1v) is 10.9. The van der Waals surface area contributed by atoms with Gasteiger partial charge in [-0.1, -0.05) is 27.2 Å². The predicted molar refractivity (Wildman–Crippen MR) is 102 cm³/mol. The van der Waals surface area contributed by atoms with Gasteiger partial charge < -0.3 is 19.5 Å². The van der Waals surface area contributed by atoms with Gasteiger partial charge in [0.05, 0.1) is 44.9 Å². The molecule has 0 saturated heterocycles. The van der Waals surface area contributed by atoms with Gasteiger partial charge in [0, 0.05) is 12.7 Å². The van der Waals surface area contributed by atoms with E-state index in [1.54, 1.807) is 0 Å². The van der Waals surface area contributed by atoms with Crippen LogP contribution >= 0.6 is 7.38 Å². The van der Waals surface area contributed by atoms with Crippen LogP contribution in [0.1, 0.15) is 40.0 Å². The fourth-order valence-electron chi connectivity index (χ4n) is 2.05. The van der Waals surface area contributed by atoms with Crippen LogP contribution in [-0.2, 0) is 23.8 Å². The molecule has 0 spiro atoms. The number of hydrogen-bond donors (Lipinski definition) is 1. The Bertz CT molecular complexity index is 456. The minimum atomic E-state index is -0.602. The minimum absolute atomic E-state index is 0.00580. The molecule has 6 nitrogen and oxygen atoms in total. The Hall–Kier alpha value is -1.06. The van der Waals surface area contributed by atoms with E-state index in [1.807, 2.05) is 27.4 Å². The molecule has 1 N–H and O–H groups in total. The zero-order valence-electron chi connectivity index (χ0n) is 16.1. The number of rotatable bonds is 14. The Morgan fingerprint density at radius 2 is 1.72 bits per heavy atom. The van der Waals surface area contributed by atoms with Crippen molar-refractivity contribution in [2.24, 2.45) is 5.41 Å². The van der Waals surface area contributed by atoms with Gasteiger partial charge in [-0.05, 0) is 13.1 Å². The van der Waals surface area contributed by atoms with Crippen LogP contribution in [0.2, 0.25) is 0 Å². The van der Waals surface area contributed by atoms with E-state index in [1.165, 1.54) is 0 Å². The molecule has 0 aliphatic rings. The second-order valence-corrected chi connectivity index (χ2v) is 8.43. The fraction of sp³-hybridized carbons (Fsp3) is 0.833. The molecule has 0 bridgehead atoms. The van der Waals surface area contributed by atoms with Crippen LogP contribution < -0.4 is 5.32 Å². The van der Waals surface area contributed by atoms with E-state index in [9.17, 15) is 9.59 Å². The zero-order valence-corrected chi connectivity index (χ0v) is 17.0. The SMILES string of the molecule is C#P(C)CC(C)(C)C(=O)NCCOCCOCCC(=O)OCCCC. The predicted octanol–water partition coefficient (Wildman–Crippen LogP) is 2.60. The highest BCUT2D eigenvalue weighted by atomic mass is 31.1. The van der Waals surface area contributed by atoms with E-state index in [-0.39, 0.29) is 18.3 Å². The van der Waals surface area contributed by atoms with Gasteiger partial charge in [0.25, 0.3) is 0 Å². The van der Waals surface area contributed by atoms with Crippen molar-refractivity contribution in [3.05, 3.63) is 0 Å². The van der Waals surface area contributed by atoms with E-state index >= 15 is 0 Å². The second kappa shape index (κ2) is 14.1. The standard InChI is InChI=1S/C18H34NO5P/c1-6-7-10-24-16(20)8-11-22-13-14-23-12-9-19-17(21)18(2,3)15-25(4)5/h4H,6-15H2,1-3,5H3,(H,19,21). The first kappa shape index (κ1) is 23.9. The van der Waals surface area contributed by atoms with Gasteiger partial charge in [-0.2, -0.15) is 0 Å². The molecule has 0 rings (SSSR count). The maximum absolute atomic E-state index is 12.1. The van der Waals surface area contributed by atoms with Crippen molar-refractivity contribution in [3.8, 4) is 6.13 Å². The van der Waals surface area contributed by atoms with Crippen molar-refractivity contribution in [2.45, 2.75) is 40.0 Å². The Morgan fingerprint density at radius 1 is 1.08 bits per heavy atom. The topological polar surface area (TPSA) is 73.9 Å². The third kappa shape index (κ3) is 13.9. The third-order valence-electron chi connectivity index (χ3n) is 3.37. The van der Waals surface area contributed by atoms with E-state index in [2.05, 4.69) is 5.32 Å². The quantitative estimate of drug-likeness (QED) is 0.287. The Morgan fingerprint density at radius 3 is 2.32 bits per heavy atom. The highest BCUT2D eigenvalue weighted by Crippen LogP contribution is 2.26. The van der Waals surface area contributed by atoms with Crippen molar-refractivity contribution in [1.29, 1.82) is 0 Å². The van der Waals surface area contributed by atoms with Gasteiger partial charge in [0.15, 0.2) is 0 Å². The third-order valence-corrected chi connectivity index (χ3v) is 4.66. The normalized spacial score (nSPS) is 11.9. The summed E-state index contributed by atoms with van der Waals surface area (Å²) in [4.78, 5) is 23.4. The van der Waals surface area contributed by atoms with Crippen molar-refractivity contribution >= 4 is 19.3 Å². The van der Waals surface area contributed by atoms with Crippen LogP contribution in [0.4, 0.5) is 0 Å². The Kier molecular flexibility index (Phi) is 13.5. The molecular weight excluding hydrogens is 341 g/mol. The molecule has 7 heteroatoms. The van der Waals surface area contributed by atoms with Crippen LogP contribution in [0.3, 0.4) is 0 Å². The Labute approximate surface area is 153 Å². The smallest absolute Gasteiger partial charge is 0.308 e. The van der Waals surface area contributed by atoms with Crippen LogP contribution in [0.5, 0.6) is 0 Å². The van der Waals surface area contributed by atoms with Crippen molar-refractivity contribution in [2.75, 3.05) is 52.4 Å². The largest absolute Gasteiger partial charge is 0.466 e. The molecule has 0 saturated carbocycles. The highest BCUT2D eigenvalue weighted by molar-refractivity contribution is 7.45. The number of carbonyl (C=O) groups is 2. The molecule has 0 aliphatic carbocycles. The fourth-order valence-corrected chi connectivity index (χ4v) is 3.44. The minimum Gasteiger partial charge on any atom is -0.466 e. The maximum atomic E-state index is 12.1. The maximum Gasteiger partial charge on any atom is 0.308 e. The van der Waals surface area contributed by atoms with Gasteiger partial charge in [0.1, 0.15) is 0 Å². The summed E-state index contributed by atoms with van der Waals surface area (Å²) in [6.45, 7) is 10.3. The van der Waals surface area contributed by atoms with Crippen LogP contribution in [-0.4, -0.2) is 64.3 Å². The summed E-state index contributed by atoms with van der Waals surface area (Å²) < 4.78 is 15.7. The molecule has 0 radical (unpaired) electrons. The highest BCUT2D eigenvalue weighted by Gasteiger charge is 2.26. The summed E-state index contributed by atoms with van der Waals surface area (Å²) >= 11 is 0. The molecule has 1 atom stereocenters. The molecule has 1 unspecified atom stereocenters. The van der Waals surface area contributed by atoms with Crippen LogP contribution in [0, 0.1) is 11.5 Å². The van der Waals surface area contributed by atoms with Crippen molar-refractivity contribution < 1.29 is 23.8 Å². The lowest BCUT2D eigenvalue weighted by Crippen LogP contribution is -2.40. The summed E-state index contributed by atoms with van der Waals surface area (Å²) in [5, 5.41) is 2.86. The second-order valence-electron chi connectivity index (χ2n) is 6.60.